The molecule has 0 radical (unpaired) electrons. The van der Waals surface area contributed by atoms with Gasteiger partial charge in [0.05, 0.1) is 15.1 Å². The minimum Gasteiger partial charge on any atom is -0.298 e. The zero-order valence-corrected chi connectivity index (χ0v) is 16.2. The Kier molecular flexibility index (Phi) is 4.94. The highest BCUT2D eigenvalue weighted by atomic mass is 32.2. The molecule has 1 saturated heterocycles. The molecule has 6 nitrogen and oxygen atoms in total. The normalized spacial score (nSPS) is 15.7. The standard InChI is InChI=1S/C19H19N3O3S2/c23-18(21-19-20-16-9-2-3-10-17(16)26-19)14-7-6-8-15(13-14)27(24,25)22-11-4-1-5-12-22/h2-3,6-10,13H,1,4-5,11-12H2,(H,20,21,23). The lowest BCUT2D eigenvalue weighted by Gasteiger charge is -2.26. The van der Waals surface area contributed by atoms with Gasteiger partial charge in [-0.2, -0.15) is 4.31 Å². The van der Waals surface area contributed by atoms with Gasteiger partial charge < -0.3 is 0 Å². The number of carbonyl (C=O) groups is 1. The number of thiazole rings is 1. The first-order valence-corrected chi connectivity index (χ1v) is 11.1. The Labute approximate surface area is 161 Å². The molecule has 3 aromatic rings. The van der Waals surface area contributed by atoms with Crippen LogP contribution >= 0.6 is 11.3 Å². The van der Waals surface area contributed by atoms with Crippen LogP contribution in [-0.4, -0.2) is 36.7 Å². The van der Waals surface area contributed by atoms with E-state index >= 15 is 0 Å². The van der Waals surface area contributed by atoms with E-state index < -0.39 is 10.0 Å². The summed E-state index contributed by atoms with van der Waals surface area (Å²) < 4.78 is 28.1. The van der Waals surface area contributed by atoms with Gasteiger partial charge in [0, 0.05) is 18.7 Å². The number of nitrogens with zero attached hydrogens (tertiary/aromatic N) is 2. The average molecular weight is 402 g/mol. The predicted molar refractivity (Wildman–Crippen MR) is 107 cm³/mol. The number of hydrogen-bond donors (Lipinski definition) is 1. The predicted octanol–water partition coefficient (Wildman–Crippen LogP) is 3.72. The molecule has 1 aromatic heterocycles. The van der Waals surface area contributed by atoms with Crippen molar-refractivity contribution >= 4 is 42.6 Å². The Morgan fingerprint density at radius 3 is 2.59 bits per heavy atom. The van der Waals surface area contributed by atoms with Crippen molar-refractivity contribution in [3.05, 3.63) is 54.1 Å². The highest BCUT2D eigenvalue weighted by Gasteiger charge is 2.26. The lowest BCUT2D eigenvalue weighted by Crippen LogP contribution is -2.35. The maximum atomic E-state index is 12.8. The summed E-state index contributed by atoms with van der Waals surface area (Å²) in [6.45, 7) is 1.06. The monoisotopic (exact) mass is 401 g/mol. The van der Waals surface area contributed by atoms with Gasteiger partial charge in [0.15, 0.2) is 5.13 Å². The number of sulfonamides is 1. The van der Waals surface area contributed by atoms with E-state index in [1.807, 2.05) is 24.3 Å². The van der Waals surface area contributed by atoms with Crippen molar-refractivity contribution in [2.24, 2.45) is 0 Å². The van der Waals surface area contributed by atoms with E-state index in [4.69, 9.17) is 0 Å². The Morgan fingerprint density at radius 2 is 1.81 bits per heavy atom. The van der Waals surface area contributed by atoms with Crippen LogP contribution in [-0.2, 0) is 10.0 Å². The molecular weight excluding hydrogens is 382 g/mol. The summed E-state index contributed by atoms with van der Waals surface area (Å²) in [5.74, 6) is -0.371. The molecule has 0 unspecified atom stereocenters. The number of carbonyl (C=O) groups excluding carboxylic acids is 1. The van der Waals surface area contributed by atoms with Gasteiger partial charge in [-0.3, -0.25) is 10.1 Å². The number of benzene rings is 2. The number of anilines is 1. The van der Waals surface area contributed by atoms with Crippen molar-refractivity contribution in [3.63, 3.8) is 0 Å². The maximum Gasteiger partial charge on any atom is 0.257 e. The maximum absolute atomic E-state index is 12.8. The second kappa shape index (κ2) is 7.38. The molecule has 2 aromatic carbocycles. The lowest BCUT2D eigenvalue weighted by molar-refractivity contribution is 0.102. The van der Waals surface area contributed by atoms with E-state index in [-0.39, 0.29) is 10.8 Å². The van der Waals surface area contributed by atoms with Gasteiger partial charge in [0.2, 0.25) is 10.0 Å². The zero-order valence-electron chi connectivity index (χ0n) is 14.6. The highest BCUT2D eigenvalue weighted by Crippen LogP contribution is 2.26. The van der Waals surface area contributed by atoms with Gasteiger partial charge in [0.25, 0.3) is 5.91 Å². The summed E-state index contributed by atoms with van der Waals surface area (Å²) in [6.07, 6.45) is 2.80. The molecule has 4 rings (SSSR count). The third-order valence-electron chi connectivity index (χ3n) is 4.56. The van der Waals surface area contributed by atoms with Gasteiger partial charge in [-0.15, -0.1) is 0 Å². The van der Waals surface area contributed by atoms with Gasteiger partial charge in [-0.25, -0.2) is 13.4 Å². The smallest absolute Gasteiger partial charge is 0.257 e. The molecule has 1 amide bonds. The minimum atomic E-state index is -3.57. The van der Waals surface area contributed by atoms with Crippen LogP contribution in [0.1, 0.15) is 29.6 Å². The third kappa shape index (κ3) is 3.73. The second-order valence-electron chi connectivity index (χ2n) is 6.43. The number of piperidine rings is 1. The van der Waals surface area contributed by atoms with E-state index in [1.165, 1.54) is 21.7 Å². The van der Waals surface area contributed by atoms with Crippen molar-refractivity contribution in [1.29, 1.82) is 0 Å². The van der Waals surface area contributed by atoms with E-state index in [0.717, 1.165) is 29.5 Å². The second-order valence-corrected chi connectivity index (χ2v) is 9.40. The summed E-state index contributed by atoms with van der Waals surface area (Å²) in [5, 5.41) is 3.26. The van der Waals surface area contributed by atoms with Gasteiger partial charge in [-0.1, -0.05) is 36.0 Å². The molecular formula is C19H19N3O3S2. The first kappa shape index (κ1) is 18.1. The number of amides is 1. The molecule has 140 valence electrons. The molecule has 0 bridgehead atoms. The number of aromatic nitrogens is 1. The average Bonchev–Trinajstić information content (AvgIpc) is 3.11. The van der Waals surface area contributed by atoms with Crippen LogP contribution in [0.2, 0.25) is 0 Å². The van der Waals surface area contributed by atoms with Crippen molar-refractivity contribution in [2.45, 2.75) is 24.2 Å². The molecule has 1 aliphatic rings. The molecule has 0 spiro atoms. The quantitative estimate of drug-likeness (QED) is 0.723. The Bertz CT molecular complexity index is 1050. The Hall–Kier alpha value is -2.29. The van der Waals surface area contributed by atoms with Crippen LogP contribution in [0.3, 0.4) is 0 Å². The SMILES string of the molecule is O=C(Nc1nc2ccccc2s1)c1cccc(S(=O)(=O)N2CCCCC2)c1. The van der Waals surface area contributed by atoms with Crippen LogP contribution in [0, 0.1) is 0 Å². The van der Waals surface area contributed by atoms with E-state index in [1.54, 1.807) is 18.2 Å². The number of rotatable bonds is 4. The molecule has 1 fully saturated rings. The fourth-order valence-electron chi connectivity index (χ4n) is 3.15. The van der Waals surface area contributed by atoms with Crippen LogP contribution in [0.15, 0.2) is 53.4 Å². The molecule has 1 N–H and O–H groups in total. The third-order valence-corrected chi connectivity index (χ3v) is 7.41. The first-order valence-electron chi connectivity index (χ1n) is 8.81. The largest absolute Gasteiger partial charge is 0.298 e. The van der Waals surface area contributed by atoms with Crippen molar-refractivity contribution in [3.8, 4) is 0 Å². The van der Waals surface area contributed by atoms with Crippen LogP contribution < -0.4 is 5.32 Å². The summed E-state index contributed by atoms with van der Waals surface area (Å²) in [6, 6.07) is 13.8. The van der Waals surface area contributed by atoms with Gasteiger partial charge >= 0.3 is 0 Å². The topological polar surface area (TPSA) is 79.4 Å². The molecule has 0 aliphatic carbocycles. The molecule has 27 heavy (non-hydrogen) atoms. The van der Waals surface area contributed by atoms with Crippen molar-refractivity contribution in [2.75, 3.05) is 18.4 Å². The molecule has 1 aliphatic heterocycles. The lowest BCUT2D eigenvalue weighted by atomic mass is 10.2. The number of hydrogen-bond acceptors (Lipinski definition) is 5. The summed E-state index contributed by atoms with van der Waals surface area (Å²) in [7, 11) is -3.57. The summed E-state index contributed by atoms with van der Waals surface area (Å²) >= 11 is 1.38. The van der Waals surface area contributed by atoms with Crippen molar-refractivity contribution in [1.82, 2.24) is 9.29 Å². The van der Waals surface area contributed by atoms with E-state index in [0.29, 0.717) is 23.8 Å². The summed E-state index contributed by atoms with van der Waals surface area (Å²) in [4.78, 5) is 17.1. The number of nitrogens with one attached hydrogen (secondary N) is 1. The van der Waals surface area contributed by atoms with Crippen LogP contribution in [0.4, 0.5) is 5.13 Å². The van der Waals surface area contributed by atoms with Gasteiger partial charge in [0.1, 0.15) is 0 Å². The fourth-order valence-corrected chi connectivity index (χ4v) is 5.57. The first-order chi connectivity index (χ1) is 13.0. The van der Waals surface area contributed by atoms with E-state index in [2.05, 4.69) is 10.3 Å². The Morgan fingerprint density at radius 1 is 1.04 bits per heavy atom. The highest BCUT2D eigenvalue weighted by molar-refractivity contribution is 7.89. The van der Waals surface area contributed by atoms with Crippen LogP contribution in [0.25, 0.3) is 10.2 Å². The number of fused-ring (bicyclic) bond motifs is 1. The van der Waals surface area contributed by atoms with Gasteiger partial charge in [-0.05, 0) is 43.2 Å². The zero-order chi connectivity index (χ0) is 18.9. The van der Waals surface area contributed by atoms with Crippen molar-refractivity contribution < 1.29 is 13.2 Å². The number of para-hydroxylation sites is 1. The molecule has 2 heterocycles. The minimum absolute atomic E-state index is 0.154. The molecule has 0 atom stereocenters. The van der Waals surface area contributed by atoms with E-state index in [9.17, 15) is 13.2 Å². The molecule has 8 heteroatoms. The molecule has 0 saturated carbocycles. The Balaban J connectivity index is 1.57. The summed E-state index contributed by atoms with van der Waals surface area (Å²) in [5.41, 5.74) is 1.12. The fraction of sp³-hybridized carbons (Fsp3) is 0.263. The van der Waals surface area contributed by atoms with Crippen LogP contribution in [0.5, 0.6) is 0 Å².